The quantitative estimate of drug-likeness (QED) is 0.661. The lowest BCUT2D eigenvalue weighted by molar-refractivity contribution is -0.0199. The van der Waals surface area contributed by atoms with Crippen LogP contribution < -0.4 is 0 Å². The Bertz CT molecular complexity index is 119. The Balaban J connectivity index is 3.99. The molecule has 2 heteroatoms. The third-order valence-corrected chi connectivity index (χ3v) is 1.56. The summed E-state index contributed by atoms with van der Waals surface area (Å²) >= 11 is 0. The summed E-state index contributed by atoms with van der Waals surface area (Å²) in [5, 5.41) is 9.27. The lowest BCUT2D eigenvalue weighted by Gasteiger charge is -2.28. The Kier molecular flexibility index (Phi) is 3.06. The highest BCUT2D eigenvalue weighted by Crippen LogP contribution is 2.27. The van der Waals surface area contributed by atoms with Crippen LogP contribution in [0, 0.1) is 5.41 Å². The number of rotatable bonds is 2. The number of alkyl halides is 1. The monoisotopic (exact) mass is 162 g/mol. The first kappa shape index (κ1) is 10.9. The van der Waals surface area contributed by atoms with Crippen molar-refractivity contribution >= 4 is 0 Å². The van der Waals surface area contributed by atoms with E-state index in [9.17, 15) is 9.50 Å². The molecule has 0 bridgehead atoms. The van der Waals surface area contributed by atoms with E-state index in [1.54, 1.807) is 0 Å². The molecule has 68 valence electrons. The topological polar surface area (TPSA) is 20.2 Å². The van der Waals surface area contributed by atoms with Crippen molar-refractivity contribution in [2.75, 3.05) is 0 Å². The van der Waals surface area contributed by atoms with Gasteiger partial charge in [0.2, 0.25) is 0 Å². The molecule has 0 radical (unpaired) electrons. The maximum absolute atomic E-state index is 13.2. The standard InChI is InChI=1S/C9H19FO/c1-8(2,3)6-7(10)9(4,5)11/h7,11H,6H2,1-5H3/t7-/m1/s1. The molecule has 0 saturated heterocycles. The van der Waals surface area contributed by atoms with Crippen molar-refractivity contribution < 1.29 is 9.50 Å². The van der Waals surface area contributed by atoms with Crippen LogP contribution in [0.2, 0.25) is 0 Å². The molecule has 0 amide bonds. The van der Waals surface area contributed by atoms with Gasteiger partial charge in [-0.1, -0.05) is 20.8 Å². The van der Waals surface area contributed by atoms with Crippen LogP contribution in [-0.2, 0) is 0 Å². The van der Waals surface area contributed by atoms with Crippen LogP contribution in [0.25, 0.3) is 0 Å². The average molecular weight is 162 g/mol. The molecule has 0 unspecified atom stereocenters. The van der Waals surface area contributed by atoms with E-state index >= 15 is 0 Å². The highest BCUT2D eigenvalue weighted by atomic mass is 19.1. The van der Waals surface area contributed by atoms with Crippen LogP contribution in [0.1, 0.15) is 41.0 Å². The minimum absolute atomic E-state index is 0.0561. The van der Waals surface area contributed by atoms with Crippen molar-refractivity contribution in [3.05, 3.63) is 0 Å². The van der Waals surface area contributed by atoms with Gasteiger partial charge in [-0.3, -0.25) is 0 Å². The van der Waals surface area contributed by atoms with Crippen molar-refractivity contribution in [1.29, 1.82) is 0 Å². The summed E-state index contributed by atoms with van der Waals surface area (Å²) in [4.78, 5) is 0. The molecule has 0 saturated carbocycles. The van der Waals surface area contributed by atoms with E-state index in [0.29, 0.717) is 6.42 Å². The zero-order chi connectivity index (χ0) is 9.28. The van der Waals surface area contributed by atoms with Gasteiger partial charge in [0, 0.05) is 0 Å². The predicted molar refractivity (Wildman–Crippen MR) is 45.3 cm³/mol. The number of aliphatic hydroxyl groups is 1. The summed E-state index contributed by atoms with van der Waals surface area (Å²) < 4.78 is 13.2. The minimum atomic E-state index is -1.20. The first-order valence-corrected chi connectivity index (χ1v) is 3.99. The maximum Gasteiger partial charge on any atom is 0.129 e. The Hall–Kier alpha value is -0.110. The van der Waals surface area contributed by atoms with Gasteiger partial charge in [0.05, 0.1) is 5.60 Å². The SMILES string of the molecule is CC(C)(C)C[C@@H](F)C(C)(C)O. The Labute approximate surface area is 68.6 Å². The fourth-order valence-corrected chi connectivity index (χ4v) is 0.787. The van der Waals surface area contributed by atoms with Gasteiger partial charge in [0.15, 0.2) is 0 Å². The third-order valence-electron chi connectivity index (χ3n) is 1.56. The van der Waals surface area contributed by atoms with Gasteiger partial charge in [0.1, 0.15) is 6.17 Å². The number of hydrogen-bond donors (Lipinski definition) is 1. The summed E-state index contributed by atoms with van der Waals surface area (Å²) in [6, 6.07) is 0. The lowest BCUT2D eigenvalue weighted by Crippen LogP contribution is -2.35. The molecule has 0 aliphatic rings. The van der Waals surface area contributed by atoms with E-state index in [4.69, 9.17) is 0 Å². The van der Waals surface area contributed by atoms with Crippen molar-refractivity contribution in [3.8, 4) is 0 Å². The van der Waals surface area contributed by atoms with Crippen LogP contribution in [0.15, 0.2) is 0 Å². The third kappa shape index (κ3) is 5.19. The van der Waals surface area contributed by atoms with Gasteiger partial charge in [-0.25, -0.2) is 4.39 Å². The number of halogens is 1. The summed E-state index contributed by atoms with van der Waals surface area (Å²) in [7, 11) is 0. The zero-order valence-electron chi connectivity index (χ0n) is 8.11. The van der Waals surface area contributed by atoms with Crippen LogP contribution >= 0.6 is 0 Å². The van der Waals surface area contributed by atoms with E-state index in [1.807, 2.05) is 20.8 Å². The lowest BCUT2D eigenvalue weighted by atomic mass is 9.85. The fourth-order valence-electron chi connectivity index (χ4n) is 0.787. The first-order valence-electron chi connectivity index (χ1n) is 3.99. The molecule has 0 aliphatic carbocycles. The highest BCUT2D eigenvalue weighted by molar-refractivity contribution is 4.80. The van der Waals surface area contributed by atoms with Crippen molar-refractivity contribution in [3.63, 3.8) is 0 Å². The smallest absolute Gasteiger partial charge is 0.129 e. The first-order chi connectivity index (χ1) is 4.63. The molecular weight excluding hydrogens is 143 g/mol. The van der Waals surface area contributed by atoms with Crippen LogP contribution in [-0.4, -0.2) is 16.9 Å². The summed E-state index contributed by atoms with van der Waals surface area (Å²) in [6.07, 6.45) is -0.737. The highest BCUT2D eigenvalue weighted by Gasteiger charge is 2.30. The Morgan fingerprint density at radius 3 is 1.64 bits per heavy atom. The Morgan fingerprint density at radius 2 is 1.55 bits per heavy atom. The van der Waals surface area contributed by atoms with Gasteiger partial charge in [0.25, 0.3) is 0 Å². The molecule has 11 heavy (non-hydrogen) atoms. The molecule has 0 aromatic heterocycles. The van der Waals surface area contributed by atoms with Crippen molar-refractivity contribution in [1.82, 2.24) is 0 Å². The molecular formula is C9H19FO. The second-order valence-electron chi connectivity index (χ2n) is 4.89. The summed E-state index contributed by atoms with van der Waals surface area (Å²) in [6.45, 7) is 8.90. The van der Waals surface area contributed by atoms with E-state index in [2.05, 4.69) is 0 Å². The van der Waals surface area contributed by atoms with Gasteiger partial charge >= 0.3 is 0 Å². The van der Waals surface area contributed by atoms with Crippen LogP contribution in [0.4, 0.5) is 4.39 Å². The zero-order valence-corrected chi connectivity index (χ0v) is 8.11. The number of hydrogen-bond acceptors (Lipinski definition) is 1. The Morgan fingerprint density at radius 1 is 1.18 bits per heavy atom. The summed E-state index contributed by atoms with van der Waals surface area (Å²) in [5.74, 6) is 0. The molecule has 0 spiro atoms. The second-order valence-corrected chi connectivity index (χ2v) is 4.89. The minimum Gasteiger partial charge on any atom is -0.387 e. The molecule has 0 fully saturated rings. The van der Waals surface area contributed by atoms with Crippen molar-refractivity contribution in [2.24, 2.45) is 5.41 Å². The second kappa shape index (κ2) is 3.10. The van der Waals surface area contributed by atoms with Gasteiger partial charge in [-0.05, 0) is 25.7 Å². The van der Waals surface area contributed by atoms with E-state index in [0.717, 1.165) is 0 Å². The average Bonchev–Trinajstić information content (AvgIpc) is 1.56. The van der Waals surface area contributed by atoms with Crippen LogP contribution in [0.5, 0.6) is 0 Å². The largest absolute Gasteiger partial charge is 0.387 e. The van der Waals surface area contributed by atoms with Gasteiger partial charge in [-0.2, -0.15) is 0 Å². The van der Waals surface area contributed by atoms with Gasteiger partial charge in [-0.15, -0.1) is 0 Å². The van der Waals surface area contributed by atoms with Crippen LogP contribution in [0.3, 0.4) is 0 Å². The normalized spacial score (nSPS) is 16.6. The molecule has 1 atom stereocenters. The molecule has 1 N–H and O–H groups in total. The van der Waals surface area contributed by atoms with E-state index in [-0.39, 0.29) is 5.41 Å². The molecule has 0 aliphatic heterocycles. The molecule has 0 aromatic carbocycles. The molecule has 0 rings (SSSR count). The maximum atomic E-state index is 13.2. The van der Waals surface area contributed by atoms with Crippen molar-refractivity contribution in [2.45, 2.75) is 52.8 Å². The molecule has 0 heterocycles. The van der Waals surface area contributed by atoms with Gasteiger partial charge < -0.3 is 5.11 Å². The summed E-state index contributed by atoms with van der Waals surface area (Å²) in [5.41, 5.74) is -1.26. The predicted octanol–water partition coefficient (Wildman–Crippen LogP) is 2.53. The van der Waals surface area contributed by atoms with E-state index < -0.39 is 11.8 Å². The van der Waals surface area contributed by atoms with E-state index in [1.165, 1.54) is 13.8 Å². The molecule has 0 aromatic rings. The fraction of sp³-hybridized carbons (Fsp3) is 1.00. The molecule has 1 nitrogen and oxygen atoms in total.